The van der Waals surface area contributed by atoms with Crippen LogP contribution in [0.5, 0.6) is 0 Å². The van der Waals surface area contributed by atoms with Gasteiger partial charge >= 0.3 is 5.97 Å². The van der Waals surface area contributed by atoms with E-state index in [-0.39, 0.29) is 24.4 Å². The Kier molecular flexibility index (Phi) is 5.79. The molecule has 1 aliphatic rings. The molecule has 0 aromatic heterocycles. The first kappa shape index (κ1) is 17.9. The molecule has 0 aliphatic heterocycles. The van der Waals surface area contributed by atoms with Crippen molar-refractivity contribution in [1.82, 2.24) is 5.32 Å². The first-order valence-corrected chi connectivity index (χ1v) is 8.56. The molecular weight excluding hydrogens is 333 g/mol. The molecule has 0 radical (unpaired) electrons. The van der Waals surface area contributed by atoms with E-state index in [1.54, 1.807) is 12.1 Å². The first-order chi connectivity index (χ1) is 12.6. The molecule has 0 heterocycles. The summed E-state index contributed by atoms with van der Waals surface area (Å²) < 4.78 is 18.0. The van der Waals surface area contributed by atoms with Crippen LogP contribution in [0, 0.1) is 11.7 Å². The second kappa shape index (κ2) is 8.43. The number of carbonyl (C=O) groups excluding carboxylic acids is 2. The normalized spacial score (nSPS) is 14.8. The number of carbonyl (C=O) groups is 2. The largest absolute Gasteiger partial charge is 0.452 e. The first-order valence-electron chi connectivity index (χ1n) is 8.56. The third-order valence-electron chi connectivity index (χ3n) is 4.17. The van der Waals surface area contributed by atoms with Crippen molar-refractivity contribution < 1.29 is 18.7 Å². The number of esters is 1. The van der Waals surface area contributed by atoms with Crippen molar-refractivity contribution in [2.45, 2.75) is 18.9 Å². The maximum absolute atomic E-state index is 13.1. The number of ether oxygens (including phenoxy) is 1. The molecule has 4 nitrogen and oxygen atoms in total. The summed E-state index contributed by atoms with van der Waals surface area (Å²) in [7, 11) is 0. The Labute approximate surface area is 151 Å². The Hall–Kier alpha value is -2.95. The molecule has 1 N–H and O–H groups in total. The number of halogens is 1. The monoisotopic (exact) mass is 353 g/mol. The highest BCUT2D eigenvalue weighted by Gasteiger charge is 2.33. The lowest BCUT2D eigenvalue weighted by atomic mass is 10.0. The minimum Gasteiger partial charge on any atom is -0.452 e. The topological polar surface area (TPSA) is 55.4 Å². The third kappa shape index (κ3) is 5.28. The molecule has 1 amide bonds. The van der Waals surface area contributed by atoms with Crippen LogP contribution in [0.15, 0.2) is 60.7 Å². The van der Waals surface area contributed by atoms with Gasteiger partial charge < -0.3 is 10.1 Å². The van der Waals surface area contributed by atoms with Crippen LogP contribution in [0.4, 0.5) is 4.39 Å². The lowest BCUT2D eigenvalue weighted by Gasteiger charge is -2.18. The van der Waals surface area contributed by atoms with Crippen LogP contribution in [0.3, 0.4) is 0 Å². The Morgan fingerprint density at radius 2 is 1.92 bits per heavy atom. The molecule has 1 fully saturated rings. The minimum atomic E-state index is -0.646. The molecule has 1 aliphatic carbocycles. The number of rotatable bonds is 7. The minimum absolute atomic E-state index is 0.0507. The van der Waals surface area contributed by atoms with Gasteiger partial charge in [-0.15, -0.1) is 0 Å². The van der Waals surface area contributed by atoms with Crippen molar-refractivity contribution in [3.8, 4) is 0 Å². The fourth-order valence-corrected chi connectivity index (χ4v) is 2.74. The van der Waals surface area contributed by atoms with E-state index in [1.165, 1.54) is 24.3 Å². The highest BCUT2D eigenvalue weighted by Crippen LogP contribution is 2.40. The Bertz CT molecular complexity index is 800. The number of hydrogen-bond acceptors (Lipinski definition) is 3. The quantitative estimate of drug-likeness (QED) is 0.611. The van der Waals surface area contributed by atoms with Gasteiger partial charge in [0.05, 0.1) is 6.04 Å². The molecule has 3 rings (SSSR count). The van der Waals surface area contributed by atoms with Gasteiger partial charge in [0.1, 0.15) is 5.82 Å². The van der Waals surface area contributed by atoms with Crippen LogP contribution in [0.1, 0.15) is 30.0 Å². The predicted molar refractivity (Wildman–Crippen MR) is 96.4 cm³/mol. The van der Waals surface area contributed by atoms with Crippen LogP contribution in [-0.4, -0.2) is 18.5 Å². The lowest BCUT2D eigenvalue weighted by Crippen LogP contribution is -2.33. The highest BCUT2D eigenvalue weighted by molar-refractivity contribution is 5.89. The van der Waals surface area contributed by atoms with Crippen molar-refractivity contribution in [3.63, 3.8) is 0 Å². The molecule has 0 saturated heterocycles. The van der Waals surface area contributed by atoms with E-state index in [1.807, 2.05) is 30.3 Å². The smallest absolute Gasteiger partial charge is 0.331 e. The second-order valence-electron chi connectivity index (χ2n) is 6.29. The average molecular weight is 353 g/mol. The van der Waals surface area contributed by atoms with E-state index in [0.717, 1.165) is 18.4 Å². The van der Waals surface area contributed by atoms with E-state index in [4.69, 9.17) is 4.74 Å². The molecule has 1 saturated carbocycles. The molecule has 1 atom stereocenters. The summed E-state index contributed by atoms with van der Waals surface area (Å²) in [5.41, 5.74) is 1.60. The zero-order valence-electron chi connectivity index (χ0n) is 14.2. The van der Waals surface area contributed by atoms with Gasteiger partial charge in [-0.2, -0.15) is 0 Å². The van der Waals surface area contributed by atoms with E-state index in [0.29, 0.717) is 11.5 Å². The van der Waals surface area contributed by atoms with Gasteiger partial charge in [-0.05, 0) is 48.1 Å². The predicted octanol–water partition coefficient (Wildman–Crippen LogP) is 3.65. The molecule has 1 unspecified atom stereocenters. The standard InChI is InChI=1S/C21H20FNO3/c22-18-8-4-5-15(13-18)9-12-20(25)26-14-19(24)23-21(17-10-11-17)16-6-2-1-3-7-16/h1-9,12-13,17,21H,10-11,14H2,(H,23,24)/b12-9+. The molecule has 134 valence electrons. The number of hydrogen-bond donors (Lipinski definition) is 1. The molecule has 5 heteroatoms. The molecule has 26 heavy (non-hydrogen) atoms. The van der Waals surface area contributed by atoms with Crippen LogP contribution >= 0.6 is 0 Å². The third-order valence-corrected chi connectivity index (χ3v) is 4.17. The van der Waals surface area contributed by atoms with Crippen LogP contribution < -0.4 is 5.32 Å². The number of nitrogens with one attached hydrogen (secondary N) is 1. The molecule has 2 aromatic carbocycles. The molecule has 0 spiro atoms. The van der Waals surface area contributed by atoms with Crippen molar-refractivity contribution in [3.05, 3.63) is 77.6 Å². The lowest BCUT2D eigenvalue weighted by molar-refractivity contribution is -0.144. The molecule has 0 bridgehead atoms. The number of benzene rings is 2. The van der Waals surface area contributed by atoms with E-state index < -0.39 is 5.97 Å². The van der Waals surface area contributed by atoms with Gasteiger partial charge in [-0.25, -0.2) is 9.18 Å². The van der Waals surface area contributed by atoms with Crippen LogP contribution in [0.2, 0.25) is 0 Å². The van der Waals surface area contributed by atoms with Crippen molar-refractivity contribution >= 4 is 18.0 Å². The van der Waals surface area contributed by atoms with Gasteiger partial charge in [-0.3, -0.25) is 4.79 Å². The van der Waals surface area contributed by atoms with Crippen molar-refractivity contribution in [2.75, 3.05) is 6.61 Å². The molecule has 2 aromatic rings. The SMILES string of the molecule is O=C(COC(=O)/C=C/c1cccc(F)c1)NC(c1ccccc1)C1CC1. The summed E-state index contributed by atoms with van der Waals surface area (Å²) in [6.45, 7) is -0.345. The second-order valence-corrected chi connectivity index (χ2v) is 6.29. The summed E-state index contributed by atoms with van der Waals surface area (Å²) in [5.74, 6) is -0.929. The summed E-state index contributed by atoms with van der Waals surface area (Å²) in [5, 5.41) is 2.94. The summed E-state index contributed by atoms with van der Waals surface area (Å²) in [6.07, 6.45) is 4.78. The maximum atomic E-state index is 13.1. The zero-order chi connectivity index (χ0) is 18.4. The summed E-state index contributed by atoms with van der Waals surface area (Å²) >= 11 is 0. The van der Waals surface area contributed by atoms with Gasteiger partial charge in [-0.1, -0.05) is 42.5 Å². The van der Waals surface area contributed by atoms with E-state index in [2.05, 4.69) is 5.32 Å². The summed E-state index contributed by atoms with van der Waals surface area (Å²) in [6, 6.07) is 15.6. The van der Waals surface area contributed by atoms with Crippen molar-refractivity contribution in [1.29, 1.82) is 0 Å². The van der Waals surface area contributed by atoms with Gasteiger partial charge in [0.25, 0.3) is 5.91 Å². The highest BCUT2D eigenvalue weighted by atomic mass is 19.1. The van der Waals surface area contributed by atoms with Gasteiger partial charge in [0, 0.05) is 6.08 Å². The van der Waals surface area contributed by atoms with E-state index >= 15 is 0 Å². The van der Waals surface area contributed by atoms with Gasteiger partial charge in [0.15, 0.2) is 6.61 Å². The molecular formula is C21H20FNO3. The fraction of sp³-hybridized carbons (Fsp3) is 0.238. The Morgan fingerprint density at radius 1 is 1.15 bits per heavy atom. The maximum Gasteiger partial charge on any atom is 0.331 e. The van der Waals surface area contributed by atoms with Crippen LogP contribution in [-0.2, 0) is 14.3 Å². The average Bonchev–Trinajstić information content (AvgIpc) is 3.48. The Balaban J connectivity index is 1.49. The van der Waals surface area contributed by atoms with Crippen molar-refractivity contribution in [2.24, 2.45) is 5.92 Å². The van der Waals surface area contributed by atoms with Crippen LogP contribution in [0.25, 0.3) is 6.08 Å². The zero-order valence-corrected chi connectivity index (χ0v) is 14.2. The number of amides is 1. The fourth-order valence-electron chi connectivity index (χ4n) is 2.74. The summed E-state index contributed by atoms with van der Waals surface area (Å²) in [4.78, 5) is 23.8. The van der Waals surface area contributed by atoms with Gasteiger partial charge in [0.2, 0.25) is 0 Å². The Morgan fingerprint density at radius 3 is 2.62 bits per heavy atom. The van der Waals surface area contributed by atoms with E-state index in [9.17, 15) is 14.0 Å².